The van der Waals surface area contributed by atoms with Crippen LogP contribution in [0.15, 0.2) is 18.3 Å². The lowest BCUT2D eigenvalue weighted by atomic mass is 9.88. The molecule has 0 radical (unpaired) electrons. The molecular weight excluding hydrogens is 419 g/mol. The maximum absolute atomic E-state index is 13.7. The molecule has 1 aromatic heterocycles. The quantitative estimate of drug-likeness (QED) is 0.716. The lowest BCUT2D eigenvalue weighted by Crippen LogP contribution is -2.66. The van der Waals surface area contributed by atoms with Gasteiger partial charge in [0.05, 0.1) is 19.4 Å². The maximum atomic E-state index is 13.7. The van der Waals surface area contributed by atoms with Gasteiger partial charge in [0.25, 0.3) is 0 Å². The van der Waals surface area contributed by atoms with Crippen LogP contribution in [0.5, 0.6) is 0 Å². The standard InChI is InChI=1S/C20H22F3N3O5/c1-19(2)29-9-14-17(31-19)16(18(27)20(30-14)4-3-5-28-20)26-8-13(24-25-26)10-6-11(21)15(23)12(22)7-10/h6-8,14,16-18,27H,3-5,9H2,1-2H3/t14-,16-,17+,18-,20+/m1/s1. The number of ether oxygens (including phenoxy) is 4. The van der Waals surface area contributed by atoms with Crippen molar-refractivity contribution in [2.24, 2.45) is 0 Å². The van der Waals surface area contributed by atoms with Gasteiger partial charge in [-0.2, -0.15) is 0 Å². The average Bonchev–Trinajstić information content (AvgIpc) is 3.38. The zero-order chi connectivity index (χ0) is 22.0. The number of fused-ring (bicyclic) bond motifs is 1. The second-order valence-corrected chi connectivity index (χ2v) is 8.49. The van der Waals surface area contributed by atoms with E-state index in [4.69, 9.17) is 18.9 Å². The van der Waals surface area contributed by atoms with Crippen LogP contribution in [0.3, 0.4) is 0 Å². The second kappa shape index (κ2) is 7.24. The molecule has 31 heavy (non-hydrogen) atoms. The van der Waals surface area contributed by atoms with Gasteiger partial charge in [-0.3, -0.25) is 0 Å². The van der Waals surface area contributed by atoms with E-state index in [1.54, 1.807) is 13.8 Å². The molecule has 1 spiro atoms. The summed E-state index contributed by atoms with van der Waals surface area (Å²) in [6, 6.07) is 0.911. The fraction of sp³-hybridized carbons (Fsp3) is 0.600. The highest BCUT2D eigenvalue weighted by Gasteiger charge is 2.60. The van der Waals surface area contributed by atoms with Crippen LogP contribution in [-0.2, 0) is 18.9 Å². The van der Waals surface area contributed by atoms with Crippen molar-refractivity contribution in [1.29, 1.82) is 0 Å². The molecule has 2 aromatic rings. The highest BCUT2D eigenvalue weighted by molar-refractivity contribution is 5.57. The summed E-state index contributed by atoms with van der Waals surface area (Å²) in [5.41, 5.74) is 0.126. The van der Waals surface area contributed by atoms with E-state index in [2.05, 4.69) is 10.3 Å². The van der Waals surface area contributed by atoms with Crippen molar-refractivity contribution in [3.05, 3.63) is 35.8 Å². The smallest absolute Gasteiger partial charge is 0.197 e. The number of halogens is 3. The molecule has 0 aliphatic carbocycles. The minimum atomic E-state index is -1.56. The van der Waals surface area contributed by atoms with Gasteiger partial charge in [0.15, 0.2) is 29.0 Å². The molecule has 1 aromatic carbocycles. The molecule has 168 valence electrons. The summed E-state index contributed by atoms with van der Waals surface area (Å²) in [7, 11) is 0. The van der Waals surface area contributed by atoms with E-state index in [0.29, 0.717) is 19.4 Å². The molecule has 3 fully saturated rings. The van der Waals surface area contributed by atoms with Crippen molar-refractivity contribution in [2.45, 2.75) is 62.6 Å². The summed E-state index contributed by atoms with van der Waals surface area (Å²) < 4.78 is 65.7. The van der Waals surface area contributed by atoms with E-state index in [9.17, 15) is 18.3 Å². The molecule has 4 heterocycles. The molecule has 3 aliphatic rings. The summed E-state index contributed by atoms with van der Waals surface area (Å²) >= 11 is 0. The first-order valence-electron chi connectivity index (χ1n) is 10.1. The molecule has 3 saturated heterocycles. The minimum absolute atomic E-state index is 0.0146. The van der Waals surface area contributed by atoms with Crippen LogP contribution < -0.4 is 0 Å². The Morgan fingerprint density at radius 2 is 1.87 bits per heavy atom. The van der Waals surface area contributed by atoms with Crippen molar-refractivity contribution >= 4 is 0 Å². The van der Waals surface area contributed by atoms with Crippen LogP contribution in [0, 0.1) is 17.5 Å². The Labute approximate surface area is 175 Å². The van der Waals surface area contributed by atoms with Crippen LogP contribution >= 0.6 is 0 Å². The molecule has 0 unspecified atom stereocenters. The molecule has 8 nitrogen and oxygen atoms in total. The first-order valence-corrected chi connectivity index (χ1v) is 10.1. The lowest BCUT2D eigenvalue weighted by Gasteiger charge is -2.53. The van der Waals surface area contributed by atoms with Gasteiger partial charge in [-0.05, 0) is 32.4 Å². The molecule has 3 aliphatic heterocycles. The van der Waals surface area contributed by atoms with Crippen molar-refractivity contribution < 1.29 is 37.2 Å². The fourth-order valence-corrected chi connectivity index (χ4v) is 4.49. The van der Waals surface area contributed by atoms with E-state index in [-0.39, 0.29) is 17.9 Å². The summed E-state index contributed by atoms with van der Waals surface area (Å²) in [5.74, 6) is -6.37. The molecule has 0 bridgehead atoms. The first-order chi connectivity index (χ1) is 14.7. The number of aliphatic hydroxyl groups is 1. The van der Waals surface area contributed by atoms with Crippen LogP contribution in [0.1, 0.15) is 32.7 Å². The normalized spacial score (nSPS) is 34.8. The van der Waals surface area contributed by atoms with Crippen molar-refractivity contribution in [3.63, 3.8) is 0 Å². The summed E-state index contributed by atoms with van der Waals surface area (Å²) in [5, 5.41) is 19.3. The van der Waals surface area contributed by atoms with Gasteiger partial charge < -0.3 is 24.1 Å². The van der Waals surface area contributed by atoms with E-state index in [1.165, 1.54) is 10.9 Å². The van der Waals surface area contributed by atoms with E-state index >= 15 is 0 Å². The highest BCUT2D eigenvalue weighted by atomic mass is 19.2. The third kappa shape index (κ3) is 3.44. The molecule has 5 atom stereocenters. The Bertz CT molecular complexity index is 971. The molecule has 0 amide bonds. The van der Waals surface area contributed by atoms with Crippen LogP contribution in [0.2, 0.25) is 0 Å². The van der Waals surface area contributed by atoms with Gasteiger partial charge in [0.2, 0.25) is 0 Å². The SMILES string of the molecule is CC1(C)OC[C@H]2O[C@@]3(CCCO3)[C@H](O)[C@H](n3cc(-c4cc(F)c(F)c(F)c4)nn3)[C@H]2O1. The summed E-state index contributed by atoms with van der Waals surface area (Å²) in [6.07, 6.45) is 0.286. The second-order valence-electron chi connectivity index (χ2n) is 8.49. The predicted octanol–water partition coefficient (Wildman–Crippen LogP) is 2.32. The Balaban J connectivity index is 1.53. The minimum Gasteiger partial charge on any atom is -0.385 e. The third-order valence-electron chi connectivity index (χ3n) is 5.95. The maximum Gasteiger partial charge on any atom is 0.197 e. The number of benzene rings is 1. The molecule has 11 heteroatoms. The van der Waals surface area contributed by atoms with E-state index in [1.807, 2.05) is 0 Å². The zero-order valence-electron chi connectivity index (χ0n) is 16.9. The van der Waals surface area contributed by atoms with Gasteiger partial charge in [-0.25, -0.2) is 17.9 Å². The highest BCUT2D eigenvalue weighted by Crippen LogP contribution is 2.46. The van der Waals surface area contributed by atoms with Gasteiger partial charge in [0.1, 0.15) is 30.0 Å². The van der Waals surface area contributed by atoms with Gasteiger partial charge in [-0.15, -0.1) is 5.10 Å². The van der Waals surface area contributed by atoms with Crippen LogP contribution in [-0.4, -0.2) is 63.2 Å². The van der Waals surface area contributed by atoms with Gasteiger partial charge in [-0.1, -0.05) is 5.21 Å². The van der Waals surface area contributed by atoms with Crippen LogP contribution in [0.25, 0.3) is 11.3 Å². The van der Waals surface area contributed by atoms with Crippen molar-refractivity contribution in [1.82, 2.24) is 15.0 Å². The zero-order valence-corrected chi connectivity index (χ0v) is 16.9. The van der Waals surface area contributed by atoms with Crippen molar-refractivity contribution in [2.75, 3.05) is 13.2 Å². The van der Waals surface area contributed by atoms with E-state index < -0.39 is 53.4 Å². The number of rotatable bonds is 2. The van der Waals surface area contributed by atoms with Crippen LogP contribution in [0.4, 0.5) is 13.2 Å². The topological polar surface area (TPSA) is 87.9 Å². The Morgan fingerprint density at radius 1 is 1.13 bits per heavy atom. The largest absolute Gasteiger partial charge is 0.385 e. The molecular formula is C20H22F3N3O5. The monoisotopic (exact) mass is 441 g/mol. The Morgan fingerprint density at radius 3 is 2.55 bits per heavy atom. The summed E-state index contributed by atoms with van der Waals surface area (Å²) in [4.78, 5) is 0. The number of hydrogen-bond acceptors (Lipinski definition) is 7. The number of nitrogens with zero attached hydrogens (tertiary/aromatic N) is 3. The van der Waals surface area contributed by atoms with Gasteiger partial charge in [0, 0.05) is 12.0 Å². The lowest BCUT2D eigenvalue weighted by molar-refractivity contribution is -0.399. The van der Waals surface area contributed by atoms with Crippen molar-refractivity contribution in [3.8, 4) is 11.3 Å². The van der Waals surface area contributed by atoms with Gasteiger partial charge >= 0.3 is 0 Å². The molecule has 1 N–H and O–H groups in total. The number of aliphatic hydroxyl groups excluding tert-OH is 1. The first kappa shape index (κ1) is 20.8. The number of hydrogen-bond donors (Lipinski definition) is 1. The molecule has 0 saturated carbocycles. The fourth-order valence-electron chi connectivity index (χ4n) is 4.49. The van der Waals surface area contributed by atoms with E-state index in [0.717, 1.165) is 12.1 Å². The Hall–Kier alpha value is -2.05. The average molecular weight is 441 g/mol. The summed E-state index contributed by atoms with van der Waals surface area (Å²) in [6.45, 7) is 4.16. The number of aromatic nitrogens is 3. The molecule has 5 rings (SSSR count). The predicted molar refractivity (Wildman–Crippen MR) is 98.1 cm³/mol. The third-order valence-corrected chi connectivity index (χ3v) is 5.95. The Kier molecular flexibility index (Phi) is 4.87.